The maximum atomic E-state index is 5.88. The monoisotopic (exact) mass is 232 g/mol. The molecule has 1 heterocycles. The van der Waals surface area contributed by atoms with Gasteiger partial charge in [-0.05, 0) is 30.4 Å². The predicted molar refractivity (Wildman–Crippen MR) is 69.4 cm³/mol. The molecule has 1 aliphatic rings. The third kappa shape index (κ3) is 2.75. The number of rotatable bonds is 5. The molecule has 1 aliphatic heterocycles. The molecule has 2 unspecified atom stereocenters. The van der Waals surface area contributed by atoms with Gasteiger partial charge in [0.15, 0.2) is 0 Å². The Morgan fingerprint density at radius 3 is 3.12 bits per heavy atom. The molecule has 92 valence electrons. The first kappa shape index (κ1) is 12.3. The van der Waals surface area contributed by atoms with Crippen LogP contribution in [-0.4, -0.2) is 12.6 Å². The van der Waals surface area contributed by atoms with Crippen molar-refractivity contribution >= 4 is 0 Å². The van der Waals surface area contributed by atoms with E-state index in [0.717, 1.165) is 25.9 Å². The number of hydrogen-bond donors (Lipinski definition) is 2. The lowest BCUT2D eigenvalue weighted by Crippen LogP contribution is -2.42. The molecule has 0 radical (unpaired) electrons. The third-order valence-electron chi connectivity index (χ3n) is 3.29. The van der Waals surface area contributed by atoms with Crippen molar-refractivity contribution in [3.8, 4) is 0 Å². The van der Waals surface area contributed by atoms with E-state index in [9.17, 15) is 0 Å². The molecule has 0 aliphatic carbocycles. The molecule has 2 atom stereocenters. The van der Waals surface area contributed by atoms with Crippen LogP contribution in [0.3, 0.4) is 0 Å². The highest BCUT2D eigenvalue weighted by Gasteiger charge is 2.27. The van der Waals surface area contributed by atoms with Crippen molar-refractivity contribution in [3.63, 3.8) is 0 Å². The van der Waals surface area contributed by atoms with Crippen molar-refractivity contribution in [2.24, 2.45) is 5.84 Å². The van der Waals surface area contributed by atoms with E-state index < -0.39 is 0 Å². The average molecular weight is 232 g/mol. The van der Waals surface area contributed by atoms with Gasteiger partial charge < -0.3 is 4.74 Å². The number of benzene rings is 1. The van der Waals surface area contributed by atoms with Crippen LogP contribution in [0.2, 0.25) is 0 Å². The van der Waals surface area contributed by atoms with Gasteiger partial charge in [0.1, 0.15) is 0 Å². The Kier molecular flexibility index (Phi) is 4.31. The fraction of sp³-hybridized carbons (Fsp3) is 0.429. The van der Waals surface area contributed by atoms with Gasteiger partial charge in [-0.1, -0.05) is 30.3 Å². The van der Waals surface area contributed by atoms with Gasteiger partial charge in [0.2, 0.25) is 0 Å². The molecule has 0 amide bonds. The Hall–Kier alpha value is -1.16. The van der Waals surface area contributed by atoms with Crippen molar-refractivity contribution in [1.29, 1.82) is 0 Å². The number of nitrogens with two attached hydrogens (primary N) is 1. The summed E-state index contributed by atoms with van der Waals surface area (Å²) in [5.74, 6) is 5.64. The molecular weight excluding hydrogens is 212 g/mol. The summed E-state index contributed by atoms with van der Waals surface area (Å²) in [6.07, 6.45) is 4.85. The Balaban J connectivity index is 2.18. The zero-order valence-electron chi connectivity index (χ0n) is 10.1. The van der Waals surface area contributed by atoms with Crippen LogP contribution in [0.15, 0.2) is 36.9 Å². The molecule has 0 fully saturated rings. The Labute approximate surface area is 103 Å². The molecule has 0 saturated heterocycles. The highest BCUT2D eigenvalue weighted by molar-refractivity contribution is 5.31. The summed E-state index contributed by atoms with van der Waals surface area (Å²) in [7, 11) is 0. The minimum atomic E-state index is 0.0601. The van der Waals surface area contributed by atoms with Crippen LogP contribution in [0, 0.1) is 0 Å². The van der Waals surface area contributed by atoms with E-state index in [2.05, 4.69) is 36.3 Å². The third-order valence-corrected chi connectivity index (χ3v) is 3.29. The van der Waals surface area contributed by atoms with Gasteiger partial charge in [0.05, 0.1) is 18.8 Å². The largest absolute Gasteiger partial charge is 0.371 e. The quantitative estimate of drug-likeness (QED) is 0.464. The number of nitrogens with one attached hydrogen (secondary N) is 1. The van der Waals surface area contributed by atoms with E-state index in [0.29, 0.717) is 0 Å². The average Bonchev–Trinajstić information content (AvgIpc) is 2.40. The second-order valence-corrected chi connectivity index (χ2v) is 4.38. The van der Waals surface area contributed by atoms with Crippen molar-refractivity contribution < 1.29 is 4.74 Å². The molecule has 3 heteroatoms. The molecule has 3 N–H and O–H groups in total. The Morgan fingerprint density at radius 2 is 2.35 bits per heavy atom. The number of ether oxygens (including phenoxy) is 1. The molecule has 1 aromatic carbocycles. The first-order valence-corrected chi connectivity index (χ1v) is 6.13. The number of hydrogen-bond acceptors (Lipinski definition) is 3. The SMILES string of the molecule is C=CCCC(NN)C1OCCc2ccccc21. The van der Waals surface area contributed by atoms with Gasteiger partial charge in [0.25, 0.3) is 0 Å². The van der Waals surface area contributed by atoms with Gasteiger partial charge in [-0.15, -0.1) is 6.58 Å². The number of allylic oxidation sites excluding steroid dienone is 1. The molecule has 17 heavy (non-hydrogen) atoms. The van der Waals surface area contributed by atoms with E-state index in [-0.39, 0.29) is 12.1 Å². The Morgan fingerprint density at radius 1 is 1.53 bits per heavy atom. The van der Waals surface area contributed by atoms with Crippen molar-refractivity contribution in [3.05, 3.63) is 48.0 Å². The van der Waals surface area contributed by atoms with E-state index in [1.807, 2.05) is 6.08 Å². The highest BCUT2D eigenvalue weighted by atomic mass is 16.5. The summed E-state index contributed by atoms with van der Waals surface area (Å²) in [5, 5.41) is 0. The Bertz CT molecular complexity index is 378. The van der Waals surface area contributed by atoms with Crippen LogP contribution in [0.5, 0.6) is 0 Å². The summed E-state index contributed by atoms with van der Waals surface area (Å²) in [6.45, 7) is 4.52. The first-order chi connectivity index (χ1) is 8.36. The smallest absolute Gasteiger partial charge is 0.0994 e. The number of fused-ring (bicyclic) bond motifs is 1. The fourth-order valence-corrected chi connectivity index (χ4v) is 2.38. The van der Waals surface area contributed by atoms with Crippen LogP contribution in [0.4, 0.5) is 0 Å². The van der Waals surface area contributed by atoms with E-state index >= 15 is 0 Å². The van der Waals surface area contributed by atoms with Crippen LogP contribution in [-0.2, 0) is 11.2 Å². The molecule has 2 rings (SSSR count). The van der Waals surface area contributed by atoms with Crippen LogP contribution in [0.1, 0.15) is 30.1 Å². The van der Waals surface area contributed by atoms with E-state index in [1.165, 1.54) is 11.1 Å². The summed E-state index contributed by atoms with van der Waals surface area (Å²) in [6, 6.07) is 8.59. The maximum absolute atomic E-state index is 5.88. The van der Waals surface area contributed by atoms with Gasteiger partial charge in [0, 0.05) is 0 Å². The minimum Gasteiger partial charge on any atom is -0.371 e. The second kappa shape index (κ2) is 5.96. The molecule has 1 aromatic rings. The predicted octanol–water partition coefficient (Wildman–Crippen LogP) is 2.10. The van der Waals surface area contributed by atoms with Crippen LogP contribution >= 0.6 is 0 Å². The molecule has 0 saturated carbocycles. The highest BCUT2D eigenvalue weighted by Crippen LogP contribution is 2.30. The number of hydrazine groups is 1. The zero-order chi connectivity index (χ0) is 12.1. The van der Waals surface area contributed by atoms with E-state index in [4.69, 9.17) is 10.6 Å². The summed E-state index contributed by atoms with van der Waals surface area (Å²) in [5.41, 5.74) is 5.52. The molecule has 0 aromatic heterocycles. The molecule has 0 spiro atoms. The lowest BCUT2D eigenvalue weighted by atomic mass is 9.91. The fourth-order valence-electron chi connectivity index (χ4n) is 2.38. The minimum absolute atomic E-state index is 0.0601. The van der Waals surface area contributed by atoms with Gasteiger partial charge >= 0.3 is 0 Å². The topological polar surface area (TPSA) is 47.3 Å². The second-order valence-electron chi connectivity index (χ2n) is 4.38. The summed E-state index contributed by atoms with van der Waals surface area (Å²) < 4.78 is 5.88. The van der Waals surface area contributed by atoms with E-state index in [1.54, 1.807) is 0 Å². The van der Waals surface area contributed by atoms with Gasteiger partial charge in [-0.2, -0.15) is 0 Å². The maximum Gasteiger partial charge on any atom is 0.0994 e. The van der Waals surface area contributed by atoms with Gasteiger partial charge in [-0.25, -0.2) is 0 Å². The normalized spacial score (nSPS) is 20.6. The van der Waals surface area contributed by atoms with Crippen molar-refractivity contribution in [2.75, 3.05) is 6.61 Å². The first-order valence-electron chi connectivity index (χ1n) is 6.13. The van der Waals surface area contributed by atoms with Gasteiger partial charge in [-0.3, -0.25) is 11.3 Å². The van der Waals surface area contributed by atoms with Crippen molar-refractivity contribution in [2.45, 2.75) is 31.4 Å². The van der Waals surface area contributed by atoms with Crippen LogP contribution in [0.25, 0.3) is 0 Å². The van der Waals surface area contributed by atoms with Crippen LogP contribution < -0.4 is 11.3 Å². The van der Waals surface area contributed by atoms with Crippen molar-refractivity contribution in [1.82, 2.24) is 5.43 Å². The molecule has 0 bridgehead atoms. The summed E-state index contributed by atoms with van der Waals surface area (Å²) in [4.78, 5) is 0. The lowest BCUT2D eigenvalue weighted by Gasteiger charge is -2.32. The lowest BCUT2D eigenvalue weighted by molar-refractivity contribution is 0.0135. The standard InChI is InChI=1S/C14H20N2O/c1-2-3-8-13(16-15)14-12-7-5-4-6-11(12)9-10-17-14/h2,4-7,13-14,16H,1,3,8-10,15H2. The molecule has 3 nitrogen and oxygen atoms in total. The molecular formula is C14H20N2O. The zero-order valence-corrected chi connectivity index (χ0v) is 10.1. The summed E-state index contributed by atoms with van der Waals surface area (Å²) >= 11 is 0.